The van der Waals surface area contributed by atoms with Gasteiger partial charge in [0.2, 0.25) is 0 Å². The Balaban J connectivity index is 2.55. The number of fused-ring (bicyclic) bond motifs is 1. The number of phenols is 1. The molecule has 0 aliphatic carbocycles. The number of nitrogens with two attached hydrogens (primary N) is 1. The molecule has 0 unspecified atom stereocenters. The molecule has 3 nitrogen and oxygen atoms in total. The highest BCUT2D eigenvalue weighted by Gasteiger charge is 2.43. The number of hydrogen-bond donors (Lipinski definition) is 3. The van der Waals surface area contributed by atoms with Gasteiger partial charge in [-0.25, -0.2) is 0 Å². The Labute approximate surface area is 107 Å². The number of halogens is 3. The lowest BCUT2D eigenvalue weighted by Crippen LogP contribution is -2.38. The molecule has 2 rings (SSSR count). The molecule has 0 saturated heterocycles. The Kier molecular flexibility index (Phi) is 3.38. The van der Waals surface area contributed by atoms with Crippen molar-refractivity contribution >= 4 is 10.8 Å². The van der Waals surface area contributed by atoms with Crippen molar-refractivity contribution in [3.63, 3.8) is 0 Å². The van der Waals surface area contributed by atoms with Crippen LogP contribution in [0.2, 0.25) is 0 Å². The Morgan fingerprint density at radius 2 is 1.58 bits per heavy atom. The SMILES string of the molecule is N[C@H](c1ccc(O)c2ccccc12)[C@@H](O)C(F)(F)F. The van der Waals surface area contributed by atoms with Gasteiger partial charge in [0, 0.05) is 5.39 Å². The zero-order valence-corrected chi connectivity index (χ0v) is 9.72. The maximum absolute atomic E-state index is 12.5. The standard InChI is InChI=1S/C13H12F3NO2/c14-13(15,16)12(19)11(17)9-5-6-10(18)8-4-2-1-3-7(8)9/h1-6,11-12,18-19H,17H2/t11-,12-/m1/s1. The Hall–Kier alpha value is -1.79. The molecule has 0 heterocycles. The third-order valence-corrected chi connectivity index (χ3v) is 2.97. The summed E-state index contributed by atoms with van der Waals surface area (Å²) in [5, 5.41) is 19.7. The fourth-order valence-corrected chi connectivity index (χ4v) is 1.97. The van der Waals surface area contributed by atoms with Gasteiger partial charge in [0.1, 0.15) is 5.75 Å². The second-order valence-corrected chi connectivity index (χ2v) is 4.23. The molecule has 102 valence electrons. The van der Waals surface area contributed by atoms with Crippen molar-refractivity contribution in [2.24, 2.45) is 5.73 Å². The molecule has 2 atom stereocenters. The fraction of sp³-hybridized carbons (Fsp3) is 0.231. The average molecular weight is 271 g/mol. The Bertz CT molecular complexity index is 598. The first-order valence-electron chi connectivity index (χ1n) is 5.53. The lowest BCUT2D eigenvalue weighted by atomic mass is 9.95. The molecule has 0 aliphatic heterocycles. The second kappa shape index (κ2) is 4.71. The Morgan fingerprint density at radius 1 is 1.00 bits per heavy atom. The lowest BCUT2D eigenvalue weighted by molar-refractivity contribution is -0.210. The Morgan fingerprint density at radius 3 is 2.16 bits per heavy atom. The molecule has 0 bridgehead atoms. The molecule has 2 aromatic rings. The third kappa shape index (κ3) is 2.50. The van der Waals surface area contributed by atoms with E-state index in [0.717, 1.165) is 0 Å². The molecule has 0 fully saturated rings. The summed E-state index contributed by atoms with van der Waals surface area (Å²) in [4.78, 5) is 0. The van der Waals surface area contributed by atoms with Crippen LogP contribution in [0.15, 0.2) is 36.4 Å². The zero-order valence-electron chi connectivity index (χ0n) is 9.72. The van der Waals surface area contributed by atoms with Crippen LogP contribution in [0.3, 0.4) is 0 Å². The van der Waals surface area contributed by atoms with Crippen molar-refractivity contribution in [2.75, 3.05) is 0 Å². The van der Waals surface area contributed by atoms with Crippen LogP contribution in [0, 0.1) is 0 Å². The highest BCUT2D eigenvalue weighted by atomic mass is 19.4. The van der Waals surface area contributed by atoms with E-state index in [1.165, 1.54) is 12.1 Å². The van der Waals surface area contributed by atoms with Gasteiger partial charge in [-0.05, 0) is 17.0 Å². The summed E-state index contributed by atoms with van der Waals surface area (Å²) < 4.78 is 37.5. The van der Waals surface area contributed by atoms with Gasteiger partial charge in [0.25, 0.3) is 0 Å². The summed E-state index contributed by atoms with van der Waals surface area (Å²) in [6.45, 7) is 0. The molecule has 0 radical (unpaired) electrons. The molecule has 0 spiro atoms. The van der Waals surface area contributed by atoms with Gasteiger partial charge in [-0.2, -0.15) is 13.2 Å². The maximum atomic E-state index is 12.5. The third-order valence-electron chi connectivity index (χ3n) is 2.97. The van der Waals surface area contributed by atoms with Crippen LogP contribution >= 0.6 is 0 Å². The van der Waals surface area contributed by atoms with Gasteiger partial charge >= 0.3 is 6.18 Å². The van der Waals surface area contributed by atoms with Crippen LogP contribution in [0.25, 0.3) is 10.8 Å². The van der Waals surface area contributed by atoms with Crippen LogP contribution in [0.4, 0.5) is 13.2 Å². The van der Waals surface area contributed by atoms with Gasteiger partial charge in [0.05, 0.1) is 6.04 Å². The minimum Gasteiger partial charge on any atom is -0.507 e. The summed E-state index contributed by atoms with van der Waals surface area (Å²) in [6.07, 6.45) is -7.45. The van der Waals surface area contributed by atoms with Gasteiger partial charge < -0.3 is 15.9 Å². The summed E-state index contributed by atoms with van der Waals surface area (Å²) in [5.74, 6) is -0.0481. The predicted molar refractivity (Wildman–Crippen MR) is 64.6 cm³/mol. The first kappa shape index (κ1) is 13.6. The van der Waals surface area contributed by atoms with Crippen molar-refractivity contribution in [1.82, 2.24) is 0 Å². The minimum absolute atomic E-state index is 0.0481. The van der Waals surface area contributed by atoms with E-state index in [1.807, 2.05) is 0 Å². The highest BCUT2D eigenvalue weighted by Crippen LogP contribution is 2.34. The van der Waals surface area contributed by atoms with Crippen LogP contribution < -0.4 is 5.73 Å². The van der Waals surface area contributed by atoms with Crippen LogP contribution in [0.5, 0.6) is 5.75 Å². The van der Waals surface area contributed by atoms with E-state index < -0.39 is 18.3 Å². The van der Waals surface area contributed by atoms with E-state index in [-0.39, 0.29) is 11.3 Å². The molecule has 2 aromatic carbocycles. The van der Waals surface area contributed by atoms with E-state index in [1.54, 1.807) is 24.3 Å². The van der Waals surface area contributed by atoms with Crippen molar-refractivity contribution in [1.29, 1.82) is 0 Å². The predicted octanol–water partition coefficient (Wildman–Crippen LogP) is 2.47. The molecule has 0 aliphatic rings. The van der Waals surface area contributed by atoms with Crippen molar-refractivity contribution in [2.45, 2.75) is 18.3 Å². The van der Waals surface area contributed by atoms with E-state index >= 15 is 0 Å². The fourth-order valence-electron chi connectivity index (χ4n) is 1.97. The summed E-state index contributed by atoms with van der Waals surface area (Å²) in [6, 6.07) is 7.34. The molecule has 0 saturated carbocycles. The van der Waals surface area contributed by atoms with Crippen molar-refractivity contribution < 1.29 is 23.4 Å². The van der Waals surface area contributed by atoms with E-state index in [9.17, 15) is 23.4 Å². The smallest absolute Gasteiger partial charge is 0.416 e. The summed E-state index contributed by atoms with van der Waals surface area (Å²) in [7, 11) is 0. The van der Waals surface area contributed by atoms with E-state index in [2.05, 4.69) is 0 Å². The number of aliphatic hydroxyl groups is 1. The highest BCUT2D eigenvalue weighted by molar-refractivity contribution is 5.91. The quantitative estimate of drug-likeness (QED) is 0.786. The maximum Gasteiger partial charge on any atom is 0.416 e. The monoisotopic (exact) mass is 271 g/mol. The van der Waals surface area contributed by atoms with Crippen LogP contribution in [-0.2, 0) is 0 Å². The number of rotatable bonds is 2. The van der Waals surface area contributed by atoms with Crippen molar-refractivity contribution in [3.8, 4) is 5.75 Å². The van der Waals surface area contributed by atoms with Gasteiger partial charge in [0.15, 0.2) is 6.10 Å². The van der Waals surface area contributed by atoms with Crippen LogP contribution in [0.1, 0.15) is 11.6 Å². The first-order valence-corrected chi connectivity index (χ1v) is 5.53. The zero-order chi connectivity index (χ0) is 14.2. The first-order chi connectivity index (χ1) is 8.82. The molecular formula is C13H12F3NO2. The van der Waals surface area contributed by atoms with Gasteiger partial charge in [-0.1, -0.05) is 30.3 Å². The van der Waals surface area contributed by atoms with E-state index in [4.69, 9.17) is 5.73 Å². The number of hydrogen-bond acceptors (Lipinski definition) is 3. The molecule has 4 N–H and O–H groups in total. The molecule has 6 heteroatoms. The largest absolute Gasteiger partial charge is 0.507 e. The second-order valence-electron chi connectivity index (χ2n) is 4.23. The number of benzene rings is 2. The average Bonchev–Trinajstić information content (AvgIpc) is 2.37. The van der Waals surface area contributed by atoms with Crippen molar-refractivity contribution in [3.05, 3.63) is 42.0 Å². The topological polar surface area (TPSA) is 66.5 Å². The number of alkyl halides is 3. The number of phenolic OH excluding ortho intramolecular Hbond substituents is 1. The molecular weight excluding hydrogens is 259 g/mol. The van der Waals surface area contributed by atoms with Crippen LogP contribution in [-0.4, -0.2) is 22.5 Å². The molecule has 0 amide bonds. The summed E-state index contributed by atoms with van der Waals surface area (Å²) >= 11 is 0. The number of aliphatic hydroxyl groups excluding tert-OH is 1. The molecule has 19 heavy (non-hydrogen) atoms. The molecule has 0 aromatic heterocycles. The van der Waals surface area contributed by atoms with Gasteiger partial charge in [-0.3, -0.25) is 0 Å². The number of aromatic hydroxyl groups is 1. The normalized spacial score (nSPS) is 15.4. The van der Waals surface area contributed by atoms with E-state index in [0.29, 0.717) is 10.8 Å². The minimum atomic E-state index is -4.79. The summed E-state index contributed by atoms with van der Waals surface area (Å²) in [5.41, 5.74) is 5.63. The van der Waals surface area contributed by atoms with Gasteiger partial charge in [-0.15, -0.1) is 0 Å². The lowest BCUT2D eigenvalue weighted by Gasteiger charge is -2.23.